The molecule has 1 aliphatic rings. The van der Waals surface area contributed by atoms with Gasteiger partial charge < -0.3 is 20.3 Å². The molecule has 33 heavy (non-hydrogen) atoms. The van der Waals surface area contributed by atoms with Crippen molar-refractivity contribution in [2.45, 2.75) is 32.7 Å². The zero-order chi connectivity index (χ0) is 24.0. The summed E-state index contributed by atoms with van der Waals surface area (Å²) in [6, 6.07) is 3.86. The van der Waals surface area contributed by atoms with E-state index < -0.39 is 34.4 Å². The summed E-state index contributed by atoms with van der Waals surface area (Å²) in [5.41, 5.74) is 5.37. The summed E-state index contributed by atoms with van der Waals surface area (Å²) in [5, 5.41) is 9.36. The molecule has 0 aliphatic carbocycles. The molecule has 2 aromatic carbocycles. The second-order valence-electron chi connectivity index (χ2n) is 8.45. The number of piperidine rings is 1. The summed E-state index contributed by atoms with van der Waals surface area (Å²) < 4.78 is 45.0. The van der Waals surface area contributed by atoms with Crippen LogP contribution < -0.4 is 16.1 Å². The molecule has 0 saturated carbocycles. The summed E-state index contributed by atoms with van der Waals surface area (Å²) in [5.74, 6) is -3.83. The van der Waals surface area contributed by atoms with Crippen LogP contribution in [0.5, 0.6) is 0 Å². The van der Waals surface area contributed by atoms with Crippen molar-refractivity contribution >= 4 is 22.6 Å². The Labute approximate surface area is 188 Å². The fourth-order valence-corrected chi connectivity index (χ4v) is 4.59. The molecule has 0 spiro atoms. The molecule has 1 aliphatic heterocycles. The van der Waals surface area contributed by atoms with Gasteiger partial charge in [0, 0.05) is 37.0 Å². The molecule has 1 saturated heterocycles. The van der Waals surface area contributed by atoms with E-state index in [1.54, 1.807) is 6.92 Å². The van der Waals surface area contributed by atoms with E-state index in [4.69, 9.17) is 5.73 Å². The van der Waals surface area contributed by atoms with Crippen LogP contribution in [0.15, 0.2) is 35.3 Å². The van der Waals surface area contributed by atoms with Crippen LogP contribution in [0.25, 0.3) is 16.6 Å². The number of carbonyl (C=O) groups is 1. The van der Waals surface area contributed by atoms with Gasteiger partial charge in [-0.3, -0.25) is 4.79 Å². The molecule has 3 aromatic rings. The number of hydrogen-bond donors (Lipinski definition) is 2. The number of nitrogens with zero attached hydrogens (tertiary/aromatic N) is 2. The molecule has 1 aromatic heterocycles. The van der Waals surface area contributed by atoms with E-state index in [1.807, 2.05) is 11.8 Å². The van der Waals surface area contributed by atoms with E-state index in [-0.39, 0.29) is 40.7 Å². The highest BCUT2D eigenvalue weighted by Gasteiger charge is 2.29. The highest BCUT2D eigenvalue weighted by atomic mass is 19.1. The zero-order valence-corrected chi connectivity index (χ0v) is 18.2. The molecule has 9 heteroatoms. The monoisotopic (exact) mass is 459 g/mol. The van der Waals surface area contributed by atoms with E-state index in [9.17, 15) is 23.5 Å². The molecular formula is C24H24F3N3O3. The molecule has 0 radical (unpaired) electrons. The van der Waals surface area contributed by atoms with Gasteiger partial charge in [0.2, 0.25) is 5.43 Å². The quantitative estimate of drug-likeness (QED) is 0.619. The molecular weight excluding hydrogens is 435 g/mol. The zero-order valence-electron chi connectivity index (χ0n) is 18.2. The van der Waals surface area contributed by atoms with Gasteiger partial charge in [-0.1, -0.05) is 13.8 Å². The Kier molecular flexibility index (Phi) is 5.92. The van der Waals surface area contributed by atoms with Crippen molar-refractivity contribution in [2.24, 2.45) is 11.7 Å². The molecule has 6 nitrogen and oxygen atoms in total. The van der Waals surface area contributed by atoms with Crippen molar-refractivity contribution in [3.05, 3.63) is 69.3 Å². The average molecular weight is 459 g/mol. The predicted molar refractivity (Wildman–Crippen MR) is 120 cm³/mol. The SMILES string of the molecule is CCc1c(N2CCC(N)C(C)C2)c(F)cc2c(=O)c(C(=O)O)cn(-c3ccc(F)cc3F)c12. The number of carboxylic acid groups (broad SMARTS) is 1. The topological polar surface area (TPSA) is 88.6 Å². The van der Waals surface area contributed by atoms with E-state index >= 15 is 4.39 Å². The predicted octanol–water partition coefficient (Wildman–Crippen LogP) is 3.84. The number of nitrogens with two attached hydrogens (primary N) is 1. The largest absolute Gasteiger partial charge is 0.477 e. The third-order valence-electron chi connectivity index (χ3n) is 6.35. The van der Waals surface area contributed by atoms with Gasteiger partial charge in [-0.25, -0.2) is 18.0 Å². The molecule has 1 fully saturated rings. The van der Waals surface area contributed by atoms with Crippen LogP contribution in [0, 0.1) is 23.4 Å². The maximum atomic E-state index is 15.5. The van der Waals surface area contributed by atoms with Gasteiger partial charge in [0.15, 0.2) is 0 Å². The van der Waals surface area contributed by atoms with Crippen LogP contribution in [0.1, 0.15) is 36.2 Å². The highest BCUT2D eigenvalue weighted by Crippen LogP contribution is 2.35. The molecule has 3 N–H and O–H groups in total. The number of aromatic nitrogens is 1. The lowest BCUT2D eigenvalue weighted by molar-refractivity contribution is 0.0695. The van der Waals surface area contributed by atoms with Gasteiger partial charge in [-0.05, 0) is 37.0 Å². The number of halogens is 3. The van der Waals surface area contributed by atoms with E-state index in [0.717, 1.165) is 24.4 Å². The number of hydrogen-bond acceptors (Lipinski definition) is 4. The minimum Gasteiger partial charge on any atom is -0.477 e. The standard InChI is InChI=1S/C24H24F3N3O3/c1-3-14-21-15(9-18(27)22(14)29-7-6-19(28)12(2)10-29)23(31)16(24(32)33)11-30(21)20-5-4-13(25)8-17(20)26/h4-5,8-9,11-12,19H,3,6-7,10,28H2,1-2H3,(H,32,33). The number of rotatable bonds is 4. The Bertz CT molecular complexity index is 1320. The minimum atomic E-state index is -1.53. The van der Waals surface area contributed by atoms with E-state index in [2.05, 4.69) is 0 Å². The van der Waals surface area contributed by atoms with Gasteiger partial charge in [0.05, 0.1) is 22.3 Å². The maximum Gasteiger partial charge on any atom is 0.341 e. The third-order valence-corrected chi connectivity index (χ3v) is 6.35. The lowest BCUT2D eigenvalue weighted by atomic mass is 9.93. The molecule has 0 bridgehead atoms. The number of pyridine rings is 1. The molecule has 2 heterocycles. The van der Waals surface area contributed by atoms with E-state index in [1.165, 1.54) is 4.57 Å². The summed E-state index contributed by atoms with van der Waals surface area (Å²) in [6.07, 6.45) is 1.95. The second-order valence-corrected chi connectivity index (χ2v) is 8.45. The van der Waals surface area contributed by atoms with Gasteiger partial charge in [-0.2, -0.15) is 0 Å². The van der Waals surface area contributed by atoms with Crippen LogP contribution >= 0.6 is 0 Å². The van der Waals surface area contributed by atoms with Crippen molar-refractivity contribution in [2.75, 3.05) is 18.0 Å². The van der Waals surface area contributed by atoms with Crippen molar-refractivity contribution in [1.29, 1.82) is 0 Å². The van der Waals surface area contributed by atoms with Crippen LogP contribution in [0.3, 0.4) is 0 Å². The Hall–Kier alpha value is -3.33. The molecule has 2 unspecified atom stereocenters. The average Bonchev–Trinajstić information content (AvgIpc) is 2.75. The number of benzene rings is 2. The summed E-state index contributed by atoms with van der Waals surface area (Å²) >= 11 is 0. The van der Waals surface area contributed by atoms with Crippen LogP contribution in [-0.2, 0) is 6.42 Å². The number of anilines is 1. The normalized spacial score (nSPS) is 18.7. The van der Waals surface area contributed by atoms with Crippen LogP contribution in [-0.4, -0.2) is 34.8 Å². The summed E-state index contributed by atoms with van der Waals surface area (Å²) in [4.78, 5) is 26.5. The van der Waals surface area contributed by atoms with Gasteiger partial charge in [0.25, 0.3) is 0 Å². The first kappa shape index (κ1) is 22.8. The fraction of sp³-hybridized carbons (Fsp3) is 0.333. The van der Waals surface area contributed by atoms with Crippen LogP contribution in [0.4, 0.5) is 18.9 Å². The smallest absolute Gasteiger partial charge is 0.341 e. The highest BCUT2D eigenvalue weighted by molar-refractivity contribution is 5.96. The van der Waals surface area contributed by atoms with Gasteiger partial charge >= 0.3 is 5.97 Å². The molecule has 4 rings (SSSR count). The fourth-order valence-electron chi connectivity index (χ4n) is 4.59. The van der Waals surface area contributed by atoms with Gasteiger partial charge in [0.1, 0.15) is 23.0 Å². The molecule has 0 amide bonds. The van der Waals surface area contributed by atoms with Crippen molar-refractivity contribution < 1.29 is 23.1 Å². The minimum absolute atomic E-state index is 0.0144. The third kappa shape index (κ3) is 3.86. The molecule has 174 valence electrons. The Balaban J connectivity index is 2.10. The maximum absolute atomic E-state index is 15.5. The first-order valence-corrected chi connectivity index (χ1v) is 10.7. The van der Waals surface area contributed by atoms with Crippen molar-refractivity contribution in [3.8, 4) is 5.69 Å². The Morgan fingerprint density at radius 1 is 1.21 bits per heavy atom. The summed E-state index contributed by atoms with van der Waals surface area (Å²) in [7, 11) is 0. The number of aromatic carboxylic acids is 1. The lowest BCUT2D eigenvalue weighted by Crippen LogP contribution is -2.46. The Morgan fingerprint density at radius 3 is 2.55 bits per heavy atom. The lowest BCUT2D eigenvalue weighted by Gasteiger charge is -2.38. The molecule has 2 atom stereocenters. The second kappa shape index (κ2) is 8.55. The van der Waals surface area contributed by atoms with Gasteiger partial charge in [-0.15, -0.1) is 0 Å². The Morgan fingerprint density at radius 2 is 1.94 bits per heavy atom. The first-order valence-electron chi connectivity index (χ1n) is 10.7. The summed E-state index contributed by atoms with van der Waals surface area (Å²) in [6.45, 7) is 4.75. The number of carboxylic acids is 1. The van der Waals surface area contributed by atoms with Crippen molar-refractivity contribution in [3.63, 3.8) is 0 Å². The number of aryl methyl sites for hydroxylation is 1. The first-order chi connectivity index (χ1) is 15.6. The number of fused-ring (bicyclic) bond motifs is 1. The van der Waals surface area contributed by atoms with Crippen LogP contribution in [0.2, 0.25) is 0 Å². The van der Waals surface area contributed by atoms with E-state index in [0.29, 0.717) is 31.1 Å². The van der Waals surface area contributed by atoms with Crippen molar-refractivity contribution in [1.82, 2.24) is 4.57 Å².